The molecule has 0 unspecified atom stereocenters. The van der Waals surface area contributed by atoms with Crippen molar-refractivity contribution in [3.8, 4) is 23.0 Å². The summed E-state index contributed by atoms with van der Waals surface area (Å²) in [7, 11) is 3.51. The Morgan fingerprint density at radius 2 is 0.535 bits per heavy atom. The molecule has 12 aromatic rings. The zero-order chi connectivity index (χ0) is 91.0. The molecule has 0 aliphatic carbocycles. The van der Waals surface area contributed by atoms with Crippen molar-refractivity contribution >= 4 is 163 Å². The van der Waals surface area contributed by atoms with E-state index in [0.29, 0.717) is 65.4 Å². The highest BCUT2D eigenvalue weighted by Gasteiger charge is 2.26. The summed E-state index contributed by atoms with van der Waals surface area (Å²) in [4.78, 5) is 124. The largest absolute Gasteiger partial charge is 0.506 e. The highest BCUT2D eigenvalue weighted by molar-refractivity contribution is 6.31. The van der Waals surface area contributed by atoms with Crippen molar-refractivity contribution in [2.75, 3.05) is 82.8 Å². The van der Waals surface area contributed by atoms with E-state index in [-0.39, 0.29) is 103 Å². The average molecular weight is 1790 g/mol. The highest BCUT2D eigenvalue weighted by Crippen LogP contribution is 2.34. The number of carbonyl (C=O) groups excluding carboxylic acids is 8. The topological polar surface area (TPSA) is 496 Å². The van der Waals surface area contributed by atoms with Crippen LogP contribution in [0, 0.1) is 21.6 Å². The summed E-state index contributed by atoms with van der Waals surface area (Å²) in [6.07, 6.45) is 11.1. The van der Waals surface area contributed by atoms with Gasteiger partial charge in [0.2, 0.25) is 0 Å². The number of rotatable bonds is 20. The molecule has 2 aliphatic rings. The quantitative estimate of drug-likeness (QED) is 0.0191. The van der Waals surface area contributed by atoms with Gasteiger partial charge < -0.3 is 83.4 Å². The molecule has 646 valence electrons. The lowest BCUT2D eigenvalue weighted by Crippen LogP contribution is -2.35. The molecular formula is C91H82Cl4N20O12. The maximum atomic E-state index is 12.9. The van der Waals surface area contributed by atoms with Gasteiger partial charge in [0, 0.05) is 110 Å². The van der Waals surface area contributed by atoms with Crippen molar-refractivity contribution in [1.82, 2.24) is 34.6 Å². The number of aromatic hydroxyl groups is 4. The summed E-state index contributed by atoms with van der Waals surface area (Å²) in [5.41, 5.74) is 9.42. The summed E-state index contributed by atoms with van der Waals surface area (Å²) in [6.45, 7) is 3.46. The first-order chi connectivity index (χ1) is 60.9. The monoisotopic (exact) mass is 1790 g/mol. The number of halogens is 4. The minimum absolute atomic E-state index is 0.0101. The molecule has 6 heterocycles. The van der Waals surface area contributed by atoms with Gasteiger partial charge in [-0.3, -0.25) is 60.0 Å². The second-order valence-electron chi connectivity index (χ2n) is 28.3. The fourth-order valence-corrected chi connectivity index (χ4v) is 13.0. The van der Waals surface area contributed by atoms with Crippen LogP contribution in [-0.2, 0) is 0 Å². The molecule has 127 heavy (non-hydrogen) atoms. The van der Waals surface area contributed by atoms with Gasteiger partial charge in [-0.15, -0.1) is 0 Å². The maximum Gasteiger partial charge on any atom is 0.259 e. The molecule has 0 radical (unpaired) electrons. The van der Waals surface area contributed by atoms with Crippen LogP contribution in [0.25, 0.3) is 0 Å². The Balaban J connectivity index is 0.000000165. The number of benzene rings is 8. The predicted molar refractivity (Wildman–Crippen MR) is 490 cm³/mol. The number of nitrogens with zero attached hydrogens (tertiary/aromatic N) is 7. The Kier molecular flexibility index (Phi) is 31.5. The normalized spacial score (nSPS) is 11.8. The number of hydrogen-bond acceptors (Lipinski definition) is 20. The number of nitrogens with one attached hydrogen (secondary N) is 12. The third-order valence-corrected chi connectivity index (χ3v) is 20.1. The molecule has 2 aliphatic heterocycles. The molecule has 32 nitrogen and oxygen atoms in total. The Morgan fingerprint density at radius 3 is 0.764 bits per heavy atom. The molecule has 0 bridgehead atoms. The number of nitrogens with two attached hydrogens (primary N) is 1. The number of piperidine rings is 1. The molecule has 36 heteroatoms. The Bertz CT molecular complexity index is 6090. The average Bonchev–Trinajstić information content (AvgIpc) is 1.05. The van der Waals surface area contributed by atoms with Crippen LogP contribution < -0.4 is 48.3 Å². The molecule has 2 saturated heterocycles. The molecule has 8 aromatic carbocycles. The number of aromatic nitrogens is 4. The Morgan fingerprint density at radius 1 is 0.307 bits per heavy atom. The van der Waals surface area contributed by atoms with Gasteiger partial charge in [-0.05, 0) is 178 Å². The van der Waals surface area contributed by atoms with E-state index < -0.39 is 47.3 Å². The minimum Gasteiger partial charge on any atom is -0.506 e. The number of amidine groups is 4. The number of nitrogen functional groups attached to an aromatic ring is 1. The summed E-state index contributed by atoms with van der Waals surface area (Å²) in [5, 5.41) is 95.7. The maximum absolute atomic E-state index is 12.9. The van der Waals surface area contributed by atoms with E-state index in [9.17, 15) is 58.8 Å². The second kappa shape index (κ2) is 43.4. The predicted octanol–water partition coefficient (Wildman–Crippen LogP) is 16.2. The van der Waals surface area contributed by atoms with Crippen LogP contribution in [0.1, 0.15) is 137 Å². The van der Waals surface area contributed by atoms with Crippen molar-refractivity contribution in [3.63, 3.8) is 0 Å². The minimum atomic E-state index is -0.571. The lowest BCUT2D eigenvalue weighted by molar-refractivity contribution is 0.101. The molecule has 8 amide bonds. The number of phenols is 4. The van der Waals surface area contributed by atoms with Crippen LogP contribution in [0.2, 0.25) is 20.1 Å². The first kappa shape index (κ1) is 92.1. The van der Waals surface area contributed by atoms with Gasteiger partial charge in [0.15, 0.2) is 0 Å². The molecule has 4 aromatic heterocycles. The van der Waals surface area contributed by atoms with E-state index in [1.54, 1.807) is 128 Å². The smallest absolute Gasteiger partial charge is 0.259 e. The van der Waals surface area contributed by atoms with Gasteiger partial charge in [0.05, 0.1) is 65.1 Å². The second-order valence-corrected chi connectivity index (χ2v) is 30.0. The molecule has 0 saturated carbocycles. The first-order valence-electron chi connectivity index (χ1n) is 38.9. The number of para-hydroxylation sites is 4. The number of likely N-dealkylation sites (tertiary alicyclic amines) is 2. The lowest BCUT2D eigenvalue weighted by atomic mass is 10.1. The summed E-state index contributed by atoms with van der Waals surface area (Å²) in [5.74, 6) is -3.10. The van der Waals surface area contributed by atoms with E-state index in [1.807, 2.05) is 9.80 Å². The summed E-state index contributed by atoms with van der Waals surface area (Å²) >= 11 is 23.2. The van der Waals surface area contributed by atoms with Crippen LogP contribution in [0.15, 0.2) is 243 Å². The van der Waals surface area contributed by atoms with Crippen LogP contribution in [0.4, 0.5) is 46.0 Å². The summed E-state index contributed by atoms with van der Waals surface area (Å²) in [6, 6.07) is 55.8. The third kappa shape index (κ3) is 25.1. The van der Waals surface area contributed by atoms with Crippen LogP contribution in [-0.4, -0.2) is 166 Å². The molecule has 14 rings (SSSR count). The van der Waals surface area contributed by atoms with Crippen LogP contribution >= 0.6 is 46.4 Å². The van der Waals surface area contributed by atoms with Crippen molar-refractivity contribution < 1.29 is 58.8 Å². The molecule has 0 atom stereocenters. The fourth-order valence-electron chi connectivity index (χ4n) is 12.5. The van der Waals surface area contributed by atoms with Gasteiger partial charge >= 0.3 is 0 Å². The number of phenolic OH excluding ortho intramolecular Hbond substituents is 4. The molecule has 2 fully saturated rings. The van der Waals surface area contributed by atoms with Crippen molar-refractivity contribution in [2.45, 2.75) is 32.1 Å². The van der Waals surface area contributed by atoms with E-state index in [4.69, 9.17) is 73.8 Å². The van der Waals surface area contributed by atoms with E-state index in [0.717, 1.165) is 63.0 Å². The van der Waals surface area contributed by atoms with Crippen LogP contribution in [0.5, 0.6) is 23.0 Å². The van der Waals surface area contributed by atoms with Crippen LogP contribution in [0.3, 0.4) is 0 Å². The number of carbonyl (C=O) groups is 8. The van der Waals surface area contributed by atoms with Gasteiger partial charge in [-0.25, -0.2) is 19.9 Å². The number of hydrogen-bond donors (Lipinski definition) is 17. The van der Waals surface area contributed by atoms with Gasteiger partial charge in [0.1, 0.15) is 69.6 Å². The zero-order valence-electron chi connectivity index (χ0n) is 67.7. The summed E-state index contributed by atoms with van der Waals surface area (Å²) < 4.78 is 0. The fraction of sp³-hybridized carbons (Fsp3) is 0.121. The van der Waals surface area contributed by atoms with E-state index in [2.05, 4.69) is 62.5 Å². The van der Waals surface area contributed by atoms with Gasteiger partial charge in [-0.1, -0.05) is 119 Å². The SMILES string of the molecule is CN(C)C(=N)c1ccc(C(=O)Nc2c(O)cccc2C(=O)Nc2ccc(Cl)cn2)cc1.N=C(N)c1ccc(C(=O)Nc2c(O)cccc2C(=O)Nc2ccc(Cl)cn2)cc1.N=C(c1ccc(C(=O)Nc2c(O)cccc2C(=O)Nc2ccc(Cl)cn2)cc1)N1CCCC1.N=C(c1ccc(C(=O)Nc2c(O)cccc2C(=O)Nc2ccc(Cl)cn2)cc1)N1CCCCC1. The molecular weight excluding hydrogens is 1710 g/mol. The van der Waals surface area contributed by atoms with Crippen molar-refractivity contribution in [2.24, 2.45) is 5.73 Å². The molecule has 0 spiro atoms. The van der Waals surface area contributed by atoms with E-state index in [1.165, 1.54) is 140 Å². The number of amides is 8. The van der Waals surface area contributed by atoms with Crippen molar-refractivity contribution in [1.29, 1.82) is 21.6 Å². The molecule has 18 N–H and O–H groups in total. The lowest BCUT2D eigenvalue weighted by Gasteiger charge is -2.29. The standard InChI is InChI=1S/C25H24ClN5O3.C24H22ClN5O3.C22H20ClN5O3.C20H16ClN5O3/c26-18-11-12-21(28-15-18)29-25(34)19-5-4-6-20(32)22(19)30-24(33)17-9-7-16(8-10-17)23(27)31-13-2-1-3-14-31;25-17-10-11-20(27-14-17)28-24(33)18-4-3-5-19(31)21(18)29-23(32)16-8-6-15(7-9-16)22(26)30-12-1-2-13-30;1-28(2)20(24)13-6-8-14(9-7-13)21(30)27-19-16(4-3-5-17(19)29)22(31)26-18-11-10-15(23)12-25-18;21-13-8-9-16(24-10-13)25-20(29)14-2-1-3-15(27)17(14)26-19(28)12-6-4-11(5-7-12)18(22)23/h4-12,15,27,32H,1-3,13-14H2,(H,30,33)(H,28,29,34);3-11,14,26,31H,1-2,12-13H2,(H,29,32)(H,27,28,33);3-12,24,29H,1-2H3,(H,27,30)(H,25,26,31);1-10,27H,(H3,22,23)(H,26,28)(H,24,25,29). The van der Waals surface area contributed by atoms with Gasteiger partial charge in [0.25, 0.3) is 47.3 Å². The highest BCUT2D eigenvalue weighted by atomic mass is 35.5. The Labute approximate surface area is 747 Å². The first-order valence-corrected chi connectivity index (χ1v) is 40.4. The Hall–Kier alpha value is -15.6. The number of anilines is 8. The van der Waals surface area contributed by atoms with Gasteiger partial charge in [-0.2, -0.15) is 0 Å². The van der Waals surface area contributed by atoms with E-state index >= 15 is 0 Å². The zero-order valence-corrected chi connectivity index (χ0v) is 70.8. The third-order valence-electron chi connectivity index (χ3n) is 19.2. The number of pyridine rings is 4. The van der Waals surface area contributed by atoms with Crippen molar-refractivity contribution in [3.05, 3.63) is 330 Å².